The highest BCUT2D eigenvalue weighted by Crippen LogP contribution is 2.40. The van der Waals surface area contributed by atoms with Gasteiger partial charge >= 0.3 is 0 Å². The van der Waals surface area contributed by atoms with Gasteiger partial charge in [0, 0.05) is 44.8 Å². The second kappa shape index (κ2) is 9.57. The van der Waals surface area contributed by atoms with Crippen LogP contribution in [0.2, 0.25) is 0 Å². The third-order valence-corrected chi connectivity index (χ3v) is 6.86. The molecule has 2 fully saturated rings. The quantitative estimate of drug-likeness (QED) is 0.780. The largest absolute Gasteiger partial charge is 0.492 e. The van der Waals surface area contributed by atoms with E-state index in [9.17, 15) is 0 Å². The first-order valence-electron chi connectivity index (χ1n) is 11.3. The number of hydrogen-bond donors (Lipinski definition) is 1. The first-order chi connectivity index (χ1) is 13.7. The normalized spacial score (nSPS) is 28.6. The van der Waals surface area contributed by atoms with E-state index in [1.54, 1.807) is 0 Å². The third-order valence-electron chi connectivity index (χ3n) is 6.86. The summed E-state index contributed by atoms with van der Waals surface area (Å²) in [6.07, 6.45) is 6.08. The maximum Gasteiger partial charge on any atom is 0.119 e. The van der Waals surface area contributed by atoms with Crippen molar-refractivity contribution in [2.75, 3.05) is 52.5 Å². The van der Waals surface area contributed by atoms with Crippen LogP contribution in [0.3, 0.4) is 0 Å². The summed E-state index contributed by atoms with van der Waals surface area (Å²) in [7, 11) is 0. The van der Waals surface area contributed by atoms with Crippen LogP contribution in [0.25, 0.3) is 0 Å². The molecule has 3 aliphatic rings. The van der Waals surface area contributed by atoms with E-state index in [-0.39, 0.29) is 0 Å². The third kappa shape index (κ3) is 4.70. The SMILES string of the molecule is CCCCC1CN2CCc3cc(OCCN4CCOCC4)ccc3C2CC1N. The molecule has 3 heterocycles. The van der Waals surface area contributed by atoms with E-state index in [1.807, 2.05) is 0 Å². The van der Waals surface area contributed by atoms with Crippen molar-refractivity contribution in [1.82, 2.24) is 9.80 Å². The van der Waals surface area contributed by atoms with Crippen molar-refractivity contribution < 1.29 is 9.47 Å². The molecule has 5 heteroatoms. The van der Waals surface area contributed by atoms with Crippen molar-refractivity contribution in [3.63, 3.8) is 0 Å². The fourth-order valence-electron chi connectivity index (χ4n) is 5.10. The molecule has 0 radical (unpaired) electrons. The van der Waals surface area contributed by atoms with E-state index in [4.69, 9.17) is 15.2 Å². The lowest BCUT2D eigenvalue weighted by molar-refractivity contribution is 0.0322. The highest BCUT2D eigenvalue weighted by Gasteiger charge is 2.37. The summed E-state index contributed by atoms with van der Waals surface area (Å²) in [5, 5.41) is 0. The summed E-state index contributed by atoms with van der Waals surface area (Å²) < 4.78 is 11.5. The molecule has 2 N–H and O–H groups in total. The minimum absolute atomic E-state index is 0.336. The molecule has 1 aromatic rings. The first kappa shape index (κ1) is 20.1. The number of unbranched alkanes of at least 4 members (excludes halogenated alkanes) is 1. The zero-order valence-corrected chi connectivity index (χ0v) is 17.4. The summed E-state index contributed by atoms with van der Waals surface area (Å²) in [6, 6.07) is 7.58. The van der Waals surface area contributed by atoms with Gasteiger partial charge in [-0.2, -0.15) is 0 Å². The maximum atomic E-state index is 6.59. The molecule has 2 saturated heterocycles. The van der Waals surface area contributed by atoms with Crippen molar-refractivity contribution in [3.8, 4) is 5.75 Å². The molecule has 0 aliphatic carbocycles. The highest BCUT2D eigenvalue weighted by atomic mass is 16.5. The number of fused-ring (bicyclic) bond motifs is 3. The van der Waals surface area contributed by atoms with Crippen LogP contribution in [0.1, 0.15) is 49.8 Å². The van der Waals surface area contributed by atoms with E-state index in [2.05, 4.69) is 34.9 Å². The topological polar surface area (TPSA) is 51.0 Å². The van der Waals surface area contributed by atoms with E-state index >= 15 is 0 Å². The fraction of sp³-hybridized carbons (Fsp3) is 0.739. The average molecular weight is 388 g/mol. The zero-order valence-electron chi connectivity index (χ0n) is 17.4. The summed E-state index contributed by atoms with van der Waals surface area (Å²) in [6.45, 7) is 10.1. The molecule has 0 amide bonds. The van der Waals surface area contributed by atoms with Gasteiger partial charge in [-0.05, 0) is 48.4 Å². The van der Waals surface area contributed by atoms with Gasteiger partial charge < -0.3 is 15.2 Å². The summed E-state index contributed by atoms with van der Waals surface area (Å²) >= 11 is 0. The fourth-order valence-corrected chi connectivity index (χ4v) is 5.10. The monoisotopic (exact) mass is 387 g/mol. The lowest BCUT2D eigenvalue weighted by Gasteiger charge is -2.46. The Bertz CT molecular complexity index is 632. The van der Waals surface area contributed by atoms with Crippen LogP contribution < -0.4 is 10.5 Å². The smallest absolute Gasteiger partial charge is 0.119 e. The van der Waals surface area contributed by atoms with Gasteiger partial charge in [-0.1, -0.05) is 25.8 Å². The predicted molar refractivity (Wildman–Crippen MR) is 113 cm³/mol. The number of piperidine rings is 1. The molecule has 5 nitrogen and oxygen atoms in total. The number of nitrogens with two attached hydrogens (primary N) is 1. The molecule has 156 valence electrons. The number of rotatable bonds is 7. The van der Waals surface area contributed by atoms with E-state index < -0.39 is 0 Å². The minimum Gasteiger partial charge on any atom is -0.492 e. The van der Waals surface area contributed by atoms with Crippen molar-refractivity contribution in [1.29, 1.82) is 0 Å². The Morgan fingerprint density at radius 2 is 2.07 bits per heavy atom. The van der Waals surface area contributed by atoms with Crippen LogP contribution in [0, 0.1) is 5.92 Å². The molecule has 3 aliphatic heterocycles. The Hall–Kier alpha value is -1.14. The van der Waals surface area contributed by atoms with Gasteiger partial charge in [0.05, 0.1) is 13.2 Å². The summed E-state index contributed by atoms with van der Waals surface area (Å²) in [5.74, 6) is 1.68. The van der Waals surface area contributed by atoms with E-state index in [0.717, 1.165) is 64.6 Å². The number of nitrogens with zero attached hydrogens (tertiary/aromatic N) is 2. The Kier molecular flexibility index (Phi) is 6.89. The van der Waals surface area contributed by atoms with Crippen molar-refractivity contribution in [2.24, 2.45) is 11.7 Å². The van der Waals surface area contributed by atoms with Gasteiger partial charge in [0.2, 0.25) is 0 Å². The van der Waals surface area contributed by atoms with Crippen LogP contribution in [0.5, 0.6) is 5.75 Å². The minimum atomic E-state index is 0.336. The molecule has 0 saturated carbocycles. The number of benzene rings is 1. The van der Waals surface area contributed by atoms with Gasteiger partial charge in [-0.15, -0.1) is 0 Å². The van der Waals surface area contributed by atoms with Gasteiger partial charge in [0.1, 0.15) is 12.4 Å². The molecular weight excluding hydrogens is 350 g/mol. The Morgan fingerprint density at radius 3 is 2.89 bits per heavy atom. The first-order valence-corrected chi connectivity index (χ1v) is 11.3. The molecular formula is C23H37N3O2. The van der Waals surface area contributed by atoms with Crippen molar-refractivity contribution >= 4 is 0 Å². The van der Waals surface area contributed by atoms with Gasteiger partial charge in [0.25, 0.3) is 0 Å². The summed E-state index contributed by atoms with van der Waals surface area (Å²) in [4.78, 5) is 5.10. The Morgan fingerprint density at radius 1 is 1.21 bits per heavy atom. The maximum absolute atomic E-state index is 6.59. The van der Waals surface area contributed by atoms with Crippen molar-refractivity contribution in [3.05, 3.63) is 29.3 Å². The second-order valence-electron chi connectivity index (χ2n) is 8.73. The second-order valence-corrected chi connectivity index (χ2v) is 8.73. The lowest BCUT2D eigenvalue weighted by Crippen LogP contribution is -2.50. The lowest BCUT2D eigenvalue weighted by atomic mass is 9.79. The predicted octanol–water partition coefficient (Wildman–Crippen LogP) is 2.83. The molecule has 28 heavy (non-hydrogen) atoms. The Labute approximate surface area is 170 Å². The van der Waals surface area contributed by atoms with Gasteiger partial charge in [0.15, 0.2) is 0 Å². The van der Waals surface area contributed by atoms with E-state index in [0.29, 0.717) is 18.0 Å². The zero-order chi connectivity index (χ0) is 19.3. The van der Waals surface area contributed by atoms with Crippen LogP contribution >= 0.6 is 0 Å². The molecule has 4 rings (SSSR count). The molecule has 0 bridgehead atoms. The van der Waals surface area contributed by atoms with Crippen LogP contribution in [0.4, 0.5) is 0 Å². The van der Waals surface area contributed by atoms with Gasteiger partial charge in [-0.3, -0.25) is 9.80 Å². The highest BCUT2D eigenvalue weighted by molar-refractivity contribution is 5.39. The standard InChI is InChI=1S/C23H37N3O2/c1-2-3-4-19-17-26-8-7-18-15-20(5-6-21(18)23(26)16-22(19)24)28-14-11-25-9-12-27-13-10-25/h5-6,15,19,22-23H,2-4,7-14,16-17,24H2,1H3. The number of ether oxygens (including phenoxy) is 2. The van der Waals surface area contributed by atoms with E-state index in [1.165, 1.54) is 36.9 Å². The number of hydrogen-bond acceptors (Lipinski definition) is 5. The summed E-state index contributed by atoms with van der Waals surface area (Å²) in [5.41, 5.74) is 9.53. The Balaban J connectivity index is 1.34. The van der Waals surface area contributed by atoms with Crippen LogP contribution in [-0.4, -0.2) is 68.4 Å². The molecule has 1 aromatic carbocycles. The molecule has 3 unspecified atom stereocenters. The van der Waals surface area contributed by atoms with Crippen molar-refractivity contribution in [2.45, 2.75) is 51.1 Å². The molecule has 0 aromatic heterocycles. The average Bonchev–Trinajstić information content (AvgIpc) is 2.73. The van der Waals surface area contributed by atoms with Crippen LogP contribution in [0.15, 0.2) is 18.2 Å². The van der Waals surface area contributed by atoms with Gasteiger partial charge in [-0.25, -0.2) is 0 Å². The molecule has 3 atom stereocenters. The number of morpholine rings is 1. The molecule has 0 spiro atoms. The van der Waals surface area contributed by atoms with Crippen LogP contribution in [-0.2, 0) is 11.2 Å².